The number of aromatic nitrogens is 4. The van der Waals surface area contributed by atoms with Crippen molar-refractivity contribution in [1.29, 1.82) is 0 Å². The van der Waals surface area contributed by atoms with Crippen LogP contribution in [0.5, 0.6) is 0 Å². The third kappa shape index (κ3) is 8.06. The molecule has 37 heavy (non-hydrogen) atoms. The van der Waals surface area contributed by atoms with Gasteiger partial charge in [0.25, 0.3) is 5.91 Å². The molecule has 0 bridgehead atoms. The molecule has 12 heteroatoms. The van der Waals surface area contributed by atoms with Crippen molar-refractivity contribution in [2.45, 2.75) is 33.6 Å². The van der Waals surface area contributed by atoms with Gasteiger partial charge < -0.3 is 15.4 Å². The van der Waals surface area contributed by atoms with E-state index in [1.54, 1.807) is 6.07 Å². The summed E-state index contributed by atoms with van der Waals surface area (Å²) in [5, 5.41) is 10.3. The Morgan fingerprint density at radius 2 is 1.97 bits per heavy atom. The zero-order valence-corrected chi connectivity index (χ0v) is 23.0. The van der Waals surface area contributed by atoms with Crippen molar-refractivity contribution in [2.24, 2.45) is 5.92 Å². The third-order valence-corrected chi connectivity index (χ3v) is 6.95. The summed E-state index contributed by atoms with van der Waals surface area (Å²) in [6.45, 7) is 11.5. The Bertz CT molecular complexity index is 1180. The number of nitrogens with zero attached hydrogens (tertiary/aromatic N) is 5. The van der Waals surface area contributed by atoms with Gasteiger partial charge in [-0.05, 0) is 37.4 Å². The molecule has 2 aromatic heterocycles. The minimum atomic E-state index is -0.277. The highest BCUT2D eigenvalue weighted by Crippen LogP contribution is 2.28. The molecule has 0 radical (unpaired) electrons. The topological polar surface area (TPSA) is 117 Å². The lowest BCUT2D eigenvalue weighted by Gasteiger charge is -2.26. The molecule has 1 aliphatic heterocycles. The lowest BCUT2D eigenvalue weighted by molar-refractivity contribution is 0.0378. The first-order valence-corrected chi connectivity index (χ1v) is 13.6. The molecule has 1 aliphatic rings. The number of benzene rings is 1. The maximum absolute atomic E-state index is 12.8. The molecule has 198 valence electrons. The average Bonchev–Trinajstić information content (AvgIpc) is 3.33. The van der Waals surface area contributed by atoms with Gasteiger partial charge in [-0.3, -0.25) is 15.0 Å². The van der Waals surface area contributed by atoms with Crippen LogP contribution in [0.1, 0.15) is 41.3 Å². The van der Waals surface area contributed by atoms with Crippen molar-refractivity contribution >= 4 is 51.6 Å². The molecule has 3 N–H and O–H groups in total. The van der Waals surface area contributed by atoms with Crippen molar-refractivity contribution in [3.05, 3.63) is 45.7 Å². The number of amides is 1. The quantitative estimate of drug-likeness (QED) is 0.297. The summed E-state index contributed by atoms with van der Waals surface area (Å²) in [6.07, 6.45) is 3.22. The molecular formula is C25H33ClN8O2S. The van der Waals surface area contributed by atoms with Gasteiger partial charge in [0, 0.05) is 26.1 Å². The van der Waals surface area contributed by atoms with E-state index in [1.807, 2.05) is 19.1 Å². The van der Waals surface area contributed by atoms with Gasteiger partial charge in [0.05, 0.1) is 30.1 Å². The van der Waals surface area contributed by atoms with Crippen LogP contribution in [0.2, 0.25) is 5.02 Å². The molecule has 1 aromatic carbocycles. The number of nitrogens with one attached hydrogen (secondary N) is 3. The summed E-state index contributed by atoms with van der Waals surface area (Å²) in [5.74, 6) is 1.74. The first-order chi connectivity index (χ1) is 17.9. The molecule has 0 aliphatic carbocycles. The summed E-state index contributed by atoms with van der Waals surface area (Å²) in [7, 11) is 0. The van der Waals surface area contributed by atoms with Crippen LogP contribution in [0.25, 0.3) is 0 Å². The van der Waals surface area contributed by atoms with Gasteiger partial charge in [0.15, 0.2) is 5.13 Å². The van der Waals surface area contributed by atoms with Gasteiger partial charge in [0.2, 0.25) is 11.9 Å². The van der Waals surface area contributed by atoms with E-state index in [0.29, 0.717) is 44.4 Å². The zero-order valence-electron chi connectivity index (χ0n) is 21.4. The van der Waals surface area contributed by atoms with Crippen LogP contribution < -0.4 is 16.0 Å². The maximum atomic E-state index is 12.8. The number of para-hydroxylation sites is 1. The Labute approximate surface area is 226 Å². The molecule has 3 heterocycles. The highest BCUT2D eigenvalue weighted by atomic mass is 35.5. The molecule has 3 aromatic rings. The molecule has 1 saturated heterocycles. The van der Waals surface area contributed by atoms with Crippen LogP contribution in [-0.2, 0) is 11.2 Å². The summed E-state index contributed by atoms with van der Waals surface area (Å²) in [5.41, 5.74) is 1.48. The van der Waals surface area contributed by atoms with E-state index >= 15 is 0 Å². The van der Waals surface area contributed by atoms with Crippen LogP contribution in [0.3, 0.4) is 0 Å². The lowest BCUT2D eigenvalue weighted by Crippen LogP contribution is -2.37. The Morgan fingerprint density at radius 3 is 2.73 bits per heavy atom. The lowest BCUT2D eigenvalue weighted by atomic mass is 10.1. The van der Waals surface area contributed by atoms with Gasteiger partial charge in [-0.2, -0.15) is 15.0 Å². The number of hydrogen-bond acceptors (Lipinski definition) is 10. The Morgan fingerprint density at radius 1 is 1.19 bits per heavy atom. The Kier molecular flexibility index (Phi) is 9.62. The van der Waals surface area contributed by atoms with E-state index in [9.17, 15) is 4.79 Å². The summed E-state index contributed by atoms with van der Waals surface area (Å²) < 4.78 is 5.41. The van der Waals surface area contributed by atoms with Crippen LogP contribution >= 0.6 is 22.9 Å². The van der Waals surface area contributed by atoms with Crippen molar-refractivity contribution in [2.75, 3.05) is 55.3 Å². The fraction of sp³-hybridized carbons (Fsp3) is 0.480. The van der Waals surface area contributed by atoms with Gasteiger partial charge >= 0.3 is 0 Å². The average molecular weight is 545 g/mol. The van der Waals surface area contributed by atoms with E-state index in [1.165, 1.54) is 17.5 Å². The predicted molar refractivity (Wildman–Crippen MR) is 148 cm³/mol. The number of hydrogen-bond donors (Lipinski definition) is 3. The SMILES string of the molecule is Cc1cccc(Cl)c1NC(=O)c1cnc(Nc2nc(CC(C)C)nc(NCCCN3CCOCC3)n2)s1. The molecule has 0 atom stereocenters. The van der Waals surface area contributed by atoms with E-state index in [4.69, 9.17) is 16.3 Å². The van der Waals surface area contributed by atoms with E-state index in [-0.39, 0.29) is 5.91 Å². The fourth-order valence-electron chi connectivity index (χ4n) is 3.84. The molecule has 1 fully saturated rings. The number of thiazole rings is 1. The number of carbonyl (C=O) groups excluding carboxylic acids is 1. The van der Waals surface area contributed by atoms with Crippen molar-refractivity contribution < 1.29 is 9.53 Å². The molecule has 4 rings (SSSR count). The van der Waals surface area contributed by atoms with Crippen LogP contribution in [0, 0.1) is 12.8 Å². The van der Waals surface area contributed by atoms with E-state index in [2.05, 4.69) is 54.6 Å². The number of anilines is 4. The van der Waals surface area contributed by atoms with Gasteiger partial charge in [-0.15, -0.1) is 0 Å². The van der Waals surface area contributed by atoms with Crippen LogP contribution in [0.15, 0.2) is 24.4 Å². The predicted octanol–water partition coefficient (Wildman–Crippen LogP) is 4.62. The number of ether oxygens (including phenoxy) is 1. The number of halogens is 1. The highest BCUT2D eigenvalue weighted by Gasteiger charge is 2.16. The normalized spacial score (nSPS) is 14.1. The van der Waals surface area contributed by atoms with Gasteiger partial charge in [-0.1, -0.05) is 48.9 Å². The molecule has 0 spiro atoms. The van der Waals surface area contributed by atoms with E-state index < -0.39 is 0 Å². The molecular weight excluding hydrogens is 512 g/mol. The first kappa shape index (κ1) is 27.2. The van der Waals surface area contributed by atoms with Gasteiger partial charge in [-0.25, -0.2) is 4.98 Å². The Hall–Kier alpha value is -2.86. The molecule has 0 saturated carbocycles. The number of aryl methyl sites for hydroxylation is 1. The van der Waals surface area contributed by atoms with Crippen LogP contribution in [0.4, 0.5) is 22.7 Å². The van der Waals surface area contributed by atoms with Crippen molar-refractivity contribution in [3.8, 4) is 0 Å². The number of rotatable bonds is 11. The molecule has 1 amide bonds. The first-order valence-electron chi connectivity index (χ1n) is 12.5. The smallest absolute Gasteiger partial charge is 0.267 e. The second-order valence-electron chi connectivity index (χ2n) is 9.27. The highest BCUT2D eigenvalue weighted by molar-refractivity contribution is 7.17. The summed E-state index contributed by atoms with van der Waals surface area (Å²) >= 11 is 7.46. The number of morpholine rings is 1. The summed E-state index contributed by atoms with van der Waals surface area (Å²) in [6, 6.07) is 5.48. The van der Waals surface area contributed by atoms with Crippen molar-refractivity contribution in [3.63, 3.8) is 0 Å². The zero-order chi connectivity index (χ0) is 26.2. The summed E-state index contributed by atoms with van der Waals surface area (Å²) in [4.78, 5) is 33.7. The third-order valence-electron chi connectivity index (χ3n) is 5.72. The number of carbonyl (C=O) groups is 1. The monoisotopic (exact) mass is 544 g/mol. The minimum absolute atomic E-state index is 0.277. The second kappa shape index (κ2) is 13.1. The van der Waals surface area contributed by atoms with Crippen LogP contribution in [-0.4, -0.2) is 70.1 Å². The standard InChI is InChI=1S/C25H33ClN8O2S/c1-16(2)14-20-29-23(27-8-5-9-34-10-12-36-13-11-34)32-24(30-20)33-25-28-15-19(37-25)22(35)31-21-17(3)6-4-7-18(21)26/h4,6-7,15-16H,5,8-14H2,1-3H3,(H,31,35)(H2,27,28,29,30,32,33). The molecule has 0 unspecified atom stereocenters. The van der Waals surface area contributed by atoms with Crippen molar-refractivity contribution in [1.82, 2.24) is 24.8 Å². The Balaban J connectivity index is 1.39. The van der Waals surface area contributed by atoms with E-state index in [0.717, 1.165) is 57.8 Å². The maximum Gasteiger partial charge on any atom is 0.267 e. The second-order valence-corrected chi connectivity index (χ2v) is 10.7. The molecule has 10 nitrogen and oxygen atoms in total. The fourth-order valence-corrected chi connectivity index (χ4v) is 4.81. The van der Waals surface area contributed by atoms with Gasteiger partial charge in [0.1, 0.15) is 10.7 Å². The minimum Gasteiger partial charge on any atom is -0.379 e. The largest absolute Gasteiger partial charge is 0.379 e.